The average molecular weight is 394 g/mol. The van der Waals surface area contributed by atoms with Gasteiger partial charge in [-0.2, -0.15) is 0 Å². The van der Waals surface area contributed by atoms with E-state index < -0.39 is 0 Å². The highest BCUT2D eigenvalue weighted by Gasteiger charge is 2.34. The molecule has 0 aliphatic carbocycles. The Hall–Kier alpha value is -1.60. The highest BCUT2D eigenvalue weighted by atomic mass is 79.9. The minimum Gasteiger partial charge on any atom is -0.489 e. The summed E-state index contributed by atoms with van der Waals surface area (Å²) in [7, 11) is 0. The maximum atomic E-state index is 12.3. The Kier molecular flexibility index (Phi) is 3.39. The van der Waals surface area contributed by atoms with Gasteiger partial charge in [0.05, 0.1) is 17.9 Å². The maximum absolute atomic E-state index is 12.3. The highest BCUT2D eigenvalue weighted by molar-refractivity contribution is 9.10. The van der Waals surface area contributed by atoms with Gasteiger partial charge < -0.3 is 15.0 Å². The van der Waals surface area contributed by atoms with Crippen LogP contribution in [0.4, 0.5) is 10.8 Å². The molecule has 0 bridgehead atoms. The van der Waals surface area contributed by atoms with E-state index in [-0.39, 0.29) is 11.4 Å². The Morgan fingerprint density at radius 3 is 3.09 bits per heavy atom. The molecule has 0 spiro atoms. The van der Waals surface area contributed by atoms with Crippen molar-refractivity contribution in [3.63, 3.8) is 0 Å². The fourth-order valence-corrected chi connectivity index (χ4v) is 4.33. The normalized spacial score (nSPS) is 18.7. The van der Waals surface area contributed by atoms with Crippen LogP contribution >= 0.6 is 27.3 Å². The number of nitrogens with zero attached hydrogens (tertiary/aromatic N) is 2. The number of aromatic nitrogens is 1. The van der Waals surface area contributed by atoms with Crippen LogP contribution in [0.15, 0.2) is 22.7 Å². The van der Waals surface area contributed by atoms with Crippen molar-refractivity contribution >= 4 is 44.0 Å². The molecule has 3 heterocycles. The van der Waals surface area contributed by atoms with Crippen molar-refractivity contribution < 1.29 is 9.53 Å². The number of fused-ring (bicyclic) bond motifs is 2. The zero-order valence-corrected chi connectivity index (χ0v) is 15.3. The monoisotopic (exact) mass is 393 g/mol. The number of anilines is 2. The number of hydrogen-bond acceptors (Lipinski definition) is 5. The minimum absolute atomic E-state index is 0.0238. The molecule has 0 atom stereocenters. The number of amides is 1. The SMILES string of the molecule is CC1(C)Cc2nc(N3CCOc4cc(Br)ccc43)sc2C(=O)N1. The van der Waals surface area contributed by atoms with Crippen molar-refractivity contribution in [2.75, 3.05) is 18.1 Å². The van der Waals surface area contributed by atoms with Crippen molar-refractivity contribution in [1.29, 1.82) is 0 Å². The van der Waals surface area contributed by atoms with E-state index in [1.54, 1.807) is 0 Å². The van der Waals surface area contributed by atoms with Crippen LogP contribution < -0.4 is 15.0 Å². The molecule has 5 nitrogen and oxygen atoms in total. The Labute approximate surface area is 146 Å². The van der Waals surface area contributed by atoms with Crippen LogP contribution in [0.25, 0.3) is 0 Å². The predicted molar refractivity (Wildman–Crippen MR) is 94.0 cm³/mol. The molecule has 1 amide bonds. The number of rotatable bonds is 1. The number of benzene rings is 1. The van der Waals surface area contributed by atoms with Gasteiger partial charge in [-0.25, -0.2) is 4.98 Å². The summed E-state index contributed by atoms with van der Waals surface area (Å²) in [6, 6.07) is 5.97. The largest absolute Gasteiger partial charge is 0.489 e. The third kappa shape index (κ3) is 2.61. The molecule has 2 aliphatic rings. The smallest absolute Gasteiger partial charge is 0.263 e. The number of carbonyl (C=O) groups is 1. The van der Waals surface area contributed by atoms with Gasteiger partial charge in [-0.05, 0) is 32.0 Å². The number of thiazole rings is 1. The third-order valence-corrected chi connectivity index (χ3v) is 5.58. The predicted octanol–water partition coefficient (Wildman–Crippen LogP) is 3.50. The van der Waals surface area contributed by atoms with Gasteiger partial charge in [0.25, 0.3) is 5.91 Å². The van der Waals surface area contributed by atoms with Gasteiger partial charge in [0.1, 0.15) is 17.2 Å². The van der Waals surface area contributed by atoms with Gasteiger partial charge in [0.15, 0.2) is 5.13 Å². The second-order valence-electron chi connectivity index (χ2n) is 6.40. The van der Waals surface area contributed by atoms with Crippen LogP contribution in [-0.4, -0.2) is 29.6 Å². The van der Waals surface area contributed by atoms with Crippen LogP contribution in [0.3, 0.4) is 0 Å². The van der Waals surface area contributed by atoms with Gasteiger partial charge in [-0.1, -0.05) is 27.3 Å². The van der Waals surface area contributed by atoms with Gasteiger partial charge in [0, 0.05) is 16.4 Å². The molecular weight excluding hydrogens is 378 g/mol. The second kappa shape index (κ2) is 5.21. The van der Waals surface area contributed by atoms with E-state index in [1.807, 2.05) is 32.0 Å². The van der Waals surface area contributed by atoms with Crippen molar-refractivity contribution in [1.82, 2.24) is 10.3 Å². The van der Waals surface area contributed by atoms with E-state index in [0.29, 0.717) is 6.61 Å². The van der Waals surface area contributed by atoms with Crippen molar-refractivity contribution in [2.24, 2.45) is 0 Å². The Morgan fingerprint density at radius 1 is 1.43 bits per heavy atom. The van der Waals surface area contributed by atoms with Crippen molar-refractivity contribution in [2.45, 2.75) is 25.8 Å². The van der Waals surface area contributed by atoms with E-state index in [1.165, 1.54) is 11.3 Å². The second-order valence-corrected chi connectivity index (χ2v) is 8.29. The Balaban J connectivity index is 1.75. The minimum atomic E-state index is -0.247. The third-order valence-electron chi connectivity index (χ3n) is 3.97. The number of carbonyl (C=O) groups excluding carboxylic acids is 1. The first-order valence-electron chi connectivity index (χ1n) is 7.45. The molecule has 0 saturated heterocycles. The summed E-state index contributed by atoms with van der Waals surface area (Å²) < 4.78 is 6.72. The molecular formula is C16H16BrN3O2S. The molecule has 0 radical (unpaired) electrons. The molecule has 0 fully saturated rings. The van der Waals surface area contributed by atoms with E-state index in [0.717, 1.165) is 44.6 Å². The van der Waals surface area contributed by atoms with E-state index >= 15 is 0 Å². The lowest BCUT2D eigenvalue weighted by Crippen LogP contribution is -2.48. The molecule has 1 aromatic heterocycles. The molecule has 0 saturated carbocycles. The van der Waals surface area contributed by atoms with Gasteiger partial charge in [-0.15, -0.1) is 0 Å². The zero-order chi connectivity index (χ0) is 16.2. The lowest BCUT2D eigenvalue weighted by molar-refractivity contribution is 0.0901. The first-order valence-corrected chi connectivity index (χ1v) is 9.06. The summed E-state index contributed by atoms with van der Waals surface area (Å²) in [5.41, 5.74) is 1.64. The molecule has 2 aliphatic heterocycles. The van der Waals surface area contributed by atoms with Gasteiger partial charge in [0.2, 0.25) is 0 Å². The van der Waals surface area contributed by atoms with Gasteiger partial charge >= 0.3 is 0 Å². The fraction of sp³-hybridized carbons (Fsp3) is 0.375. The quantitative estimate of drug-likeness (QED) is 0.805. The Morgan fingerprint density at radius 2 is 2.26 bits per heavy atom. The summed E-state index contributed by atoms with van der Waals surface area (Å²) in [5.74, 6) is 0.813. The summed E-state index contributed by atoms with van der Waals surface area (Å²) in [6.45, 7) is 5.38. The van der Waals surface area contributed by atoms with E-state index in [9.17, 15) is 4.79 Å². The number of halogens is 1. The maximum Gasteiger partial charge on any atom is 0.263 e. The van der Waals surface area contributed by atoms with E-state index in [4.69, 9.17) is 9.72 Å². The molecule has 4 rings (SSSR count). The molecule has 0 unspecified atom stereocenters. The number of nitrogens with one attached hydrogen (secondary N) is 1. The standard InChI is InChI=1S/C16H16BrN3O2S/c1-16(2)8-10-13(14(21)19-16)23-15(18-10)20-5-6-22-12-7-9(17)3-4-11(12)20/h3-4,7H,5-6,8H2,1-2H3,(H,19,21). The first kappa shape index (κ1) is 15.0. The van der Waals surface area contributed by atoms with Crippen LogP contribution in [0.2, 0.25) is 0 Å². The molecule has 2 aromatic rings. The number of ether oxygens (including phenoxy) is 1. The van der Waals surface area contributed by atoms with E-state index in [2.05, 4.69) is 26.1 Å². The highest BCUT2D eigenvalue weighted by Crippen LogP contribution is 2.41. The molecule has 7 heteroatoms. The molecule has 23 heavy (non-hydrogen) atoms. The van der Waals surface area contributed by atoms with Crippen molar-refractivity contribution in [3.05, 3.63) is 33.2 Å². The summed E-state index contributed by atoms with van der Waals surface area (Å²) in [5, 5.41) is 3.89. The van der Waals surface area contributed by atoms with Crippen LogP contribution in [0.1, 0.15) is 29.2 Å². The lowest BCUT2D eigenvalue weighted by Gasteiger charge is -2.29. The summed E-state index contributed by atoms with van der Waals surface area (Å²) in [6.07, 6.45) is 0.752. The summed E-state index contributed by atoms with van der Waals surface area (Å²) >= 11 is 4.92. The summed E-state index contributed by atoms with van der Waals surface area (Å²) in [4.78, 5) is 19.9. The van der Waals surface area contributed by atoms with Crippen molar-refractivity contribution in [3.8, 4) is 5.75 Å². The Bertz CT molecular complexity index is 803. The fourth-order valence-electron chi connectivity index (χ4n) is 2.97. The molecule has 1 aromatic carbocycles. The van der Waals surface area contributed by atoms with Crippen LogP contribution in [0, 0.1) is 0 Å². The average Bonchev–Trinajstić information content (AvgIpc) is 2.88. The zero-order valence-electron chi connectivity index (χ0n) is 12.9. The molecule has 1 N–H and O–H groups in total. The van der Waals surface area contributed by atoms with Crippen LogP contribution in [0.5, 0.6) is 5.75 Å². The lowest BCUT2D eigenvalue weighted by atomic mass is 9.94. The number of hydrogen-bond donors (Lipinski definition) is 1. The van der Waals surface area contributed by atoms with Crippen LogP contribution in [-0.2, 0) is 6.42 Å². The topological polar surface area (TPSA) is 54.5 Å². The van der Waals surface area contributed by atoms with Gasteiger partial charge in [-0.3, -0.25) is 4.79 Å². The first-order chi connectivity index (χ1) is 10.9. The molecule has 120 valence electrons.